The smallest absolute Gasteiger partial charge is 0.352 e. The van der Waals surface area contributed by atoms with E-state index in [0.717, 1.165) is 23.5 Å². The summed E-state index contributed by atoms with van der Waals surface area (Å²) in [5, 5.41) is 6.63. The van der Waals surface area contributed by atoms with Gasteiger partial charge in [-0.2, -0.15) is 13.2 Å². The number of amides is 1. The molecule has 0 radical (unpaired) electrons. The van der Waals surface area contributed by atoms with Crippen molar-refractivity contribution in [3.8, 4) is 5.69 Å². The minimum absolute atomic E-state index is 0.159. The van der Waals surface area contributed by atoms with Crippen LogP contribution in [-0.2, 0) is 11.0 Å². The Labute approximate surface area is 223 Å². The molecular formula is C28H24F3N5OS. The molecular weight excluding hydrogens is 511 g/mol. The average molecular weight is 536 g/mol. The van der Waals surface area contributed by atoms with Crippen molar-refractivity contribution in [3.63, 3.8) is 0 Å². The highest BCUT2D eigenvalue weighted by atomic mass is 32.1. The Morgan fingerprint density at radius 1 is 1.00 bits per heavy atom. The number of carbonyl (C=O) groups excluding carboxylic acids is 1. The van der Waals surface area contributed by atoms with Crippen LogP contribution in [0.2, 0.25) is 0 Å². The van der Waals surface area contributed by atoms with Gasteiger partial charge in [-0.25, -0.2) is 0 Å². The van der Waals surface area contributed by atoms with E-state index in [9.17, 15) is 18.0 Å². The monoisotopic (exact) mass is 535 g/mol. The van der Waals surface area contributed by atoms with E-state index in [1.54, 1.807) is 29.1 Å². The number of nitrogens with one attached hydrogen (secondary N) is 2. The zero-order valence-corrected chi connectivity index (χ0v) is 20.9. The molecule has 0 aliphatic carbocycles. The molecule has 0 saturated carbocycles. The number of halogens is 3. The maximum absolute atomic E-state index is 13.4. The number of pyridine rings is 1. The number of aromatic nitrogens is 2. The second kappa shape index (κ2) is 10.7. The van der Waals surface area contributed by atoms with E-state index in [1.165, 1.54) is 6.07 Å². The number of rotatable bonds is 7. The summed E-state index contributed by atoms with van der Waals surface area (Å²) < 4.78 is 42.1. The quantitative estimate of drug-likeness (QED) is 0.289. The highest BCUT2D eigenvalue weighted by Gasteiger charge is 2.41. The van der Waals surface area contributed by atoms with E-state index in [1.807, 2.05) is 59.5 Å². The molecule has 3 heterocycles. The van der Waals surface area contributed by atoms with Gasteiger partial charge in [0.2, 0.25) is 5.91 Å². The topological polar surface area (TPSA) is 62.2 Å². The Morgan fingerprint density at radius 3 is 2.53 bits per heavy atom. The number of alkyl halides is 3. The molecule has 0 bridgehead atoms. The summed E-state index contributed by atoms with van der Waals surface area (Å²) in [5.74, 6) is -0.174. The minimum Gasteiger partial charge on any atom is -0.352 e. The first-order valence-electron chi connectivity index (χ1n) is 12.0. The third-order valence-electron chi connectivity index (χ3n) is 6.37. The minimum atomic E-state index is -4.46. The summed E-state index contributed by atoms with van der Waals surface area (Å²) in [7, 11) is 0. The van der Waals surface area contributed by atoms with Crippen molar-refractivity contribution < 1.29 is 18.0 Å². The second-order valence-corrected chi connectivity index (χ2v) is 9.22. The lowest BCUT2D eigenvalue weighted by atomic mass is 10.0. The van der Waals surface area contributed by atoms with E-state index in [2.05, 4.69) is 15.6 Å². The van der Waals surface area contributed by atoms with Gasteiger partial charge in [0.1, 0.15) is 0 Å². The molecule has 2 N–H and O–H groups in total. The number of hydrogen-bond donors (Lipinski definition) is 2. The van der Waals surface area contributed by atoms with Crippen LogP contribution in [0, 0.1) is 0 Å². The summed E-state index contributed by atoms with van der Waals surface area (Å²) in [6.07, 6.45) is -0.901. The van der Waals surface area contributed by atoms with Crippen LogP contribution in [0.25, 0.3) is 5.69 Å². The highest BCUT2D eigenvalue weighted by Crippen LogP contribution is 2.40. The molecule has 38 heavy (non-hydrogen) atoms. The number of nitrogens with zero attached hydrogens (tertiary/aromatic N) is 3. The molecule has 1 aliphatic rings. The van der Waals surface area contributed by atoms with Crippen molar-refractivity contribution in [2.45, 2.75) is 24.7 Å². The van der Waals surface area contributed by atoms with Crippen LogP contribution in [0.1, 0.15) is 35.5 Å². The van der Waals surface area contributed by atoms with Crippen molar-refractivity contribution in [1.29, 1.82) is 0 Å². The van der Waals surface area contributed by atoms with Crippen LogP contribution < -0.4 is 10.6 Å². The number of hydrogen-bond acceptors (Lipinski definition) is 3. The molecule has 4 aromatic rings. The van der Waals surface area contributed by atoms with E-state index >= 15 is 0 Å². The maximum Gasteiger partial charge on any atom is 0.416 e. The van der Waals surface area contributed by atoms with Crippen molar-refractivity contribution in [3.05, 3.63) is 114 Å². The van der Waals surface area contributed by atoms with Crippen LogP contribution in [0.15, 0.2) is 97.3 Å². The fourth-order valence-electron chi connectivity index (χ4n) is 4.64. The van der Waals surface area contributed by atoms with Gasteiger partial charge < -0.3 is 20.1 Å². The number of anilines is 1. The molecule has 10 heteroatoms. The first-order valence-corrected chi connectivity index (χ1v) is 12.4. The van der Waals surface area contributed by atoms with Crippen molar-refractivity contribution >= 4 is 28.9 Å². The Morgan fingerprint density at radius 2 is 1.79 bits per heavy atom. The number of carbonyl (C=O) groups is 1. The summed E-state index contributed by atoms with van der Waals surface area (Å²) in [6, 6.07) is 22.7. The zero-order chi connectivity index (χ0) is 26.7. The van der Waals surface area contributed by atoms with Gasteiger partial charge in [-0.1, -0.05) is 30.3 Å². The van der Waals surface area contributed by atoms with Gasteiger partial charge in [0.05, 0.1) is 23.3 Å². The van der Waals surface area contributed by atoms with E-state index in [4.69, 9.17) is 12.2 Å². The van der Waals surface area contributed by atoms with Gasteiger partial charge in [-0.15, -0.1) is 0 Å². The van der Waals surface area contributed by atoms with Crippen LogP contribution in [0.4, 0.5) is 18.9 Å². The van der Waals surface area contributed by atoms with Crippen LogP contribution in [0.5, 0.6) is 0 Å². The first kappa shape index (κ1) is 25.5. The van der Waals surface area contributed by atoms with Crippen molar-refractivity contribution in [2.24, 2.45) is 0 Å². The van der Waals surface area contributed by atoms with Crippen LogP contribution >= 0.6 is 12.2 Å². The molecule has 0 unspecified atom stereocenters. The molecule has 2 aromatic carbocycles. The van der Waals surface area contributed by atoms with E-state index in [-0.39, 0.29) is 18.4 Å². The molecule has 2 aromatic heterocycles. The SMILES string of the molecule is O=C(CCN1C(=S)N[C@@H](c2ccccn2)[C@H]1c1cccn1-c1cccc(C(F)(F)F)c1)Nc1ccccc1. The molecule has 1 amide bonds. The molecule has 2 atom stereocenters. The molecule has 194 valence electrons. The number of thiocarbonyl (C=S) groups is 1. The Hall–Kier alpha value is -4.18. The lowest BCUT2D eigenvalue weighted by Crippen LogP contribution is -2.33. The Bertz CT molecular complexity index is 1430. The molecule has 6 nitrogen and oxygen atoms in total. The maximum atomic E-state index is 13.4. The van der Waals surface area contributed by atoms with Gasteiger partial charge in [-0.05, 0) is 66.8 Å². The largest absolute Gasteiger partial charge is 0.416 e. The van der Waals surface area contributed by atoms with Gasteiger partial charge in [0.25, 0.3) is 0 Å². The van der Waals surface area contributed by atoms with Crippen molar-refractivity contribution in [2.75, 3.05) is 11.9 Å². The Balaban J connectivity index is 1.47. The van der Waals surface area contributed by atoms with Gasteiger partial charge >= 0.3 is 6.18 Å². The van der Waals surface area contributed by atoms with Gasteiger partial charge in [0.15, 0.2) is 5.11 Å². The predicted octanol–water partition coefficient (Wildman–Crippen LogP) is 5.89. The number of para-hydroxylation sites is 1. The van der Waals surface area contributed by atoms with Crippen LogP contribution in [-0.4, -0.2) is 32.0 Å². The predicted molar refractivity (Wildman–Crippen MR) is 143 cm³/mol. The van der Waals surface area contributed by atoms with Crippen molar-refractivity contribution in [1.82, 2.24) is 19.8 Å². The van der Waals surface area contributed by atoms with Crippen LogP contribution in [0.3, 0.4) is 0 Å². The fraction of sp³-hybridized carbons (Fsp3) is 0.179. The molecule has 1 fully saturated rings. The molecule has 5 rings (SSSR count). The standard InChI is InChI=1S/C28H24F3N5OS/c29-28(30,31)19-8-6-11-21(18-19)35-16-7-13-23(35)26-25(22-12-4-5-15-32-22)34-27(38)36(26)17-14-24(37)33-20-9-2-1-3-10-20/h1-13,15-16,18,25-26H,14,17H2,(H,33,37)(H,34,38)/t25-,26+/m0/s1. The normalized spacial score (nSPS) is 17.3. The van der Waals surface area contributed by atoms with E-state index < -0.39 is 17.8 Å². The summed E-state index contributed by atoms with van der Waals surface area (Å²) >= 11 is 5.68. The molecule has 1 saturated heterocycles. The third kappa shape index (κ3) is 5.40. The highest BCUT2D eigenvalue weighted by molar-refractivity contribution is 7.80. The lowest BCUT2D eigenvalue weighted by molar-refractivity contribution is -0.137. The molecule has 1 aliphatic heterocycles. The fourth-order valence-corrected chi connectivity index (χ4v) is 4.97. The summed E-state index contributed by atoms with van der Waals surface area (Å²) in [6.45, 7) is 0.298. The second-order valence-electron chi connectivity index (χ2n) is 8.84. The summed E-state index contributed by atoms with van der Waals surface area (Å²) in [4.78, 5) is 19.1. The Kier molecular flexibility index (Phi) is 7.15. The average Bonchev–Trinajstić information content (AvgIpc) is 3.52. The third-order valence-corrected chi connectivity index (χ3v) is 6.72. The lowest BCUT2D eigenvalue weighted by Gasteiger charge is -2.29. The summed E-state index contributed by atoms with van der Waals surface area (Å²) in [5.41, 5.74) is 1.79. The zero-order valence-electron chi connectivity index (χ0n) is 20.1. The van der Waals surface area contributed by atoms with Gasteiger partial charge in [0, 0.05) is 42.4 Å². The van der Waals surface area contributed by atoms with E-state index in [0.29, 0.717) is 23.0 Å². The number of benzene rings is 2. The van der Waals surface area contributed by atoms with Gasteiger partial charge in [-0.3, -0.25) is 9.78 Å². The molecule has 0 spiro atoms. The first-order chi connectivity index (χ1) is 18.3.